The molecule has 1 saturated carbocycles. The number of carbonyl (C=O) groups is 1. The summed E-state index contributed by atoms with van der Waals surface area (Å²) in [5, 5.41) is 0. The Balaban J connectivity index is 1.64. The lowest BCUT2D eigenvalue weighted by Crippen LogP contribution is -2.31. The average Bonchev–Trinajstić information content (AvgIpc) is 3.02. The molecule has 0 aromatic carbocycles. The summed E-state index contributed by atoms with van der Waals surface area (Å²) in [7, 11) is 0. The highest BCUT2D eigenvalue weighted by molar-refractivity contribution is 6.27. The Morgan fingerprint density at radius 1 is 1.40 bits per heavy atom. The quantitative estimate of drug-likeness (QED) is 0.803. The number of nitrogens with zero attached hydrogens (tertiary/aromatic N) is 2. The molecule has 2 fully saturated rings. The van der Waals surface area contributed by atoms with Crippen LogP contribution >= 0.6 is 11.6 Å². The summed E-state index contributed by atoms with van der Waals surface area (Å²) >= 11 is 5.67. The van der Waals surface area contributed by atoms with Crippen LogP contribution < -0.4 is 0 Å². The molecule has 0 N–H and O–H groups in total. The number of fused-ring (bicyclic) bond motifs is 1. The number of aromatic nitrogens is 1. The lowest BCUT2D eigenvalue weighted by Gasteiger charge is -2.20. The van der Waals surface area contributed by atoms with Crippen LogP contribution in [0.1, 0.15) is 24.1 Å². The van der Waals surface area contributed by atoms with Gasteiger partial charge in [-0.1, -0.05) is 6.07 Å². The van der Waals surface area contributed by atoms with E-state index in [-0.39, 0.29) is 11.8 Å². The maximum Gasteiger partial charge on any atom is 0.237 e. The van der Waals surface area contributed by atoms with Gasteiger partial charge in [-0.25, -0.2) is 0 Å². The van der Waals surface area contributed by atoms with Crippen LogP contribution in [0, 0.1) is 24.7 Å². The molecule has 2 heterocycles. The minimum atomic E-state index is 0.0910. The Kier molecular flexibility index (Phi) is 3.97. The van der Waals surface area contributed by atoms with Crippen molar-refractivity contribution in [2.24, 2.45) is 17.8 Å². The van der Waals surface area contributed by atoms with Gasteiger partial charge in [-0.2, -0.15) is 0 Å². The van der Waals surface area contributed by atoms with Gasteiger partial charge < -0.3 is 4.90 Å². The first kappa shape index (κ1) is 13.9. The Morgan fingerprint density at radius 2 is 2.25 bits per heavy atom. The van der Waals surface area contributed by atoms with Crippen LogP contribution in [-0.2, 0) is 11.2 Å². The van der Waals surface area contributed by atoms with E-state index in [0.717, 1.165) is 19.5 Å². The van der Waals surface area contributed by atoms with Crippen molar-refractivity contribution in [1.29, 1.82) is 0 Å². The fraction of sp³-hybridized carbons (Fsp3) is 0.625. The van der Waals surface area contributed by atoms with Crippen molar-refractivity contribution in [2.45, 2.75) is 26.2 Å². The molecule has 0 unspecified atom stereocenters. The molecular weight excluding hydrogens is 272 g/mol. The standard InChI is InChI=1S/C16H21ClN2O/c1-11-2-5-14(18-8-11)6-12-3-4-13-9-19(10-15(12)13)16(20)7-17/h2,5,8,12-13,15H,3-4,6-7,9-10H2,1H3/t12-,13-,15-/m1/s1. The minimum absolute atomic E-state index is 0.0910. The average molecular weight is 293 g/mol. The molecule has 20 heavy (non-hydrogen) atoms. The predicted molar refractivity (Wildman–Crippen MR) is 79.7 cm³/mol. The minimum Gasteiger partial charge on any atom is -0.341 e. The number of carbonyl (C=O) groups excluding carboxylic acids is 1. The maximum absolute atomic E-state index is 11.7. The van der Waals surface area contributed by atoms with Crippen molar-refractivity contribution in [3.8, 4) is 0 Å². The number of hydrogen-bond donors (Lipinski definition) is 0. The third-order valence-electron chi connectivity index (χ3n) is 4.92. The van der Waals surface area contributed by atoms with E-state index < -0.39 is 0 Å². The summed E-state index contributed by atoms with van der Waals surface area (Å²) in [4.78, 5) is 18.2. The zero-order valence-electron chi connectivity index (χ0n) is 11.9. The first-order chi connectivity index (χ1) is 9.67. The van der Waals surface area contributed by atoms with E-state index in [0.29, 0.717) is 17.8 Å². The molecule has 0 radical (unpaired) electrons. The van der Waals surface area contributed by atoms with E-state index in [1.54, 1.807) is 0 Å². The number of amides is 1. The van der Waals surface area contributed by atoms with Crippen LogP contribution in [0.15, 0.2) is 18.3 Å². The van der Waals surface area contributed by atoms with Crippen LogP contribution in [0.2, 0.25) is 0 Å². The number of hydrogen-bond acceptors (Lipinski definition) is 2. The highest BCUT2D eigenvalue weighted by Crippen LogP contribution is 2.43. The van der Waals surface area contributed by atoms with E-state index in [4.69, 9.17) is 11.6 Å². The Labute approximate surface area is 125 Å². The third kappa shape index (κ3) is 2.69. The molecule has 3 nitrogen and oxygen atoms in total. The molecule has 1 aromatic heterocycles. The van der Waals surface area contributed by atoms with Gasteiger partial charge in [-0.05, 0) is 55.6 Å². The van der Waals surface area contributed by atoms with Crippen LogP contribution in [0.3, 0.4) is 0 Å². The SMILES string of the molecule is Cc1ccc(C[C@H]2CC[C@@H]3CN(C(=O)CCl)C[C@H]23)nc1. The topological polar surface area (TPSA) is 33.2 Å². The summed E-state index contributed by atoms with van der Waals surface area (Å²) in [5.74, 6) is 2.20. The second-order valence-corrected chi connectivity index (χ2v) is 6.49. The molecule has 1 aliphatic heterocycles. The highest BCUT2D eigenvalue weighted by Gasteiger charge is 2.43. The molecule has 3 rings (SSSR count). The molecule has 1 saturated heterocycles. The molecule has 1 aliphatic carbocycles. The third-order valence-corrected chi connectivity index (χ3v) is 5.14. The van der Waals surface area contributed by atoms with Gasteiger partial charge >= 0.3 is 0 Å². The van der Waals surface area contributed by atoms with Crippen molar-refractivity contribution in [2.75, 3.05) is 19.0 Å². The first-order valence-corrected chi connectivity index (χ1v) is 7.96. The summed E-state index contributed by atoms with van der Waals surface area (Å²) in [6.07, 6.45) is 5.51. The van der Waals surface area contributed by atoms with Gasteiger partial charge in [0.25, 0.3) is 0 Å². The van der Waals surface area contributed by atoms with Gasteiger partial charge in [0.2, 0.25) is 5.91 Å². The molecule has 2 aliphatic rings. The lowest BCUT2D eigenvalue weighted by atomic mass is 9.89. The number of likely N-dealkylation sites (tertiary alicyclic amines) is 1. The van der Waals surface area contributed by atoms with Crippen molar-refractivity contribution in [3.05, 3.63) is 29.6 Å². The Morgan fingerprint density at radius 3 is 2.95 bits per heavy atom. The van der Waals surface area contributed by atoms with Crippen molar-refractivity contribution in [1.82, 2.24) is 9.88 Å². The zero-order chi connectivity index (χ0) is 14.1. The summed E-state index contributed by atoms with van der Waals surface area (Å²) in [5.41, 5.74) is 2.39. The summed E-state index contributed by atoms with van der Waals surface area (Å²) in [6, 6.07) is 4.27. The molecular formula is C16H21ClN2O. The van der Waals surface area contributed by atoms with Crippen LogP contribution in [0.4, 0.5) is 0 Å². The maximum atomic E-state index is 11.7. The molecule has 1 aromatic rings. The van der Waals surface area contributed by atoms with Crippen molar-refractivity contribution < 1.29 is 4.79 Å². The Bertz CT molecular complexity index is 488. The van der Waals surface area contributed by atoms with Crippen LogP contribution in [0.25, 0.3) is 0 Å². The van der Waals surface area contributed by atoms with Gasteiger partial charge in [-0.15, -0.1) is 11.6 Å². The van der Waals surface area contributed by atoms with E-state index >= 15 is 0 Å². The second-order valence-electron chi connectivity index (χ2n) is 6.22. The lowest BCUT2D eigenvalue weighted by molar-refractivity contribution is -0.127. The molecule has 0 bridgehead atoms. The monoisotopic (exact) mass is 292 g/mol. The second kappa shape index (κ2) is 5.72. The molecule has 0 spiro atoms. The van der Waals surface area contributed by atoms with Crippen LogP contribution in [-0.4, -0.2) is 34.8 Å². The van der Waals surface area contributed by atoms with Crippen LogP contribution in [0.5, 0.6) is 0 Å². The first-order valence-electron chi connectivity index (χ1n) is 7.42. The predicted octanol–water partition coefficient (Wildman–Crippen LogP) is 2.66. The number of alkyl halides is 1. The number of aryl methyl sites for hydroxylation is 1. The molecule has 3 atom stereocenters. The summed E-state index contributed by atoms with van der Waals surface area (Å²) < 4.78 is 0. The normalized spacial score (nSPS) is 28.7. The smallest absolute Gasteiger partial charge is 0.237 e. The highest BCUT2D eigenvalue weighted by atomic mass is 35.5. The van der Waals surface area contributed by atoms with E-state index in [9.17, 15) is 4.79 Å². The molecule has 108 valence electrons. The number of pyridine rings is 1. The Hall–Kier alpha value is -1.09. The number of halogens is 1. The van der Waals surface area contributed by atoms with Crippen molar-refractivity contribution in [3.63, 3.8) is 0 Å². The van der Waals surface area contributed by atoms with Crippen molar-refractivity contribution >= 4 is 17.5 Å². The van der Waals surface area contributed by atoms with Gasteiger partial charge in [0, 0.05) is 25.0 Å². The van der Waals surface area contributed by atoms with Gasteiger partial charge in [-0.3, -0.25) is 9.78 Å². The molecule has 1 amide bonds. The van der Waals surface area contributed by atoms with Gasteiger partial charge in [0.1, 0.15) is 5.88 Å². The fourth-order valence-electron chi connectivity index (χ4n) is 3.81. The van der Waals surface area contributed by atoms with Gasteiger partial charge in [0.05, 0.1) is 0 Å². The number of rotatable bonds is 3. The van der Waals surface area contributed by atoms with Gasteiger partial charge in [0.15, 0.2) is 0 Å². The molecule has 4 heteroatoms. The van der Waals surface area contributed by atoms with E-state index in [1.807, 2.05) is 11.1 Å². The zero-order valence-corrected chi connectivity index (χ0v) is 12.6. The van der Waals surface area contributed by atoms with E-state index in [2.05, 4.69) is 24.0 Å². The largest absolute Gasteiger partial charge is 0.341 e. The fourth-order valence-corrected chi connectivity index (χ4v) is 3.98. The summed E-state index contributed by atoms with van der Waals surface area (Å²) in [6.45, 7) is 3.87. The van der Waals surface area contributed by atoms with E-state index in [1.165, 1.54) is 24.1 Å².